The molecule has 1 fully saturated rings. The molecule has 1 aliphatic rings. The summed E-state index contributed by atoms with van der Waals surface area (Å²) in [5.41, 5.74) is 0.370. The Hall–Kier alpha value is -1.69. The molecule has 0 spiro atoms. The molecule has 0 atom stereocenters. The Balaban J connectivity index is 0.00000116. The standard InChI is InChI=1S/C14H23N5O.C2H6/c1-4-18-5-7-19(8-6-18)13-10-15-12(9-16-13)14(20)17-11(2)3;1-2/h9-11H,4-8H2,1-3H3,(H,17,20);1-2H3. The zero-order valence-electron chi connectivity index (χ0n) is 14.5. The molecule has 0 aromatic carbocycles. The van der Waals surface area contributed by atoms with Crippen LogP contribution >= 0.6 is 0 Å². The monoisotopic (exact) mass is 307 g/mol. The van der Waals surface area contributed by atoms with Crippen LogP contribution in [0.5, 0.6) is 0 Å². The van der Waals surface area contributed by atoms with Crippen LogP contribution in [0.1, 0.15) is 45.1 Å². The largest absolute Gasteiger partial charge is 0.353 e. The molecule has 1 aliphatic heterocycles. The van der Waals surface area contributed by atoms with Gasteiger partial charge in [0.2, 0.25) is 0 Å². The summed E-state index contributed by atoms with van der Waals surface area (Å²) in [5, 5.41) is 2.81. The third-order valence-corrected chi connectivity index (χ3v) is 3.43. The van der Waals surface area contributed by atoms with Crippen molar-refractivity contribution in [2.24, 2.45) is 0 Å². The van der Waals surface area contributed by atoms with Gasteiger partial charge in [0.05, 0.1) is 12.4 Å². The van der Waals surface area contributed by atoms with Gasteiger partial charge in [-0.25, -0.2) is 9.97 Å². The lowest BCUT2D eigenvalue weighted by Gasteiger charge is -2.34. The number of rotatable bonds is 4. The highest BCUT2D eigenvalue weighted by atomic mass is 16.1. The summed E-state index contributed by atoms with van der Waals surface area (Å²) in [5.74, 6) is 0.678. The van der Waals surface area contributed by atoms with Crippen molar-refractivity contribution in [3.8, 4) is 0 Å². The first kappa shape index (κ1) is 18.4. The number of nitrogens with one attached hydrogen (secondary N) is 1. The fourth-order valence-electron chi connectivity index (χ4n) is 2.23. The molecule has 6 heteroatoms. The van der Waals surface area contributed by atoms with Crippen molar-refractivity contribution in [3.05, 3.63) is 18.1 Å². The lowest BCUT2D eigenvalue weighted by atomic mass is 10.3. The number of aromatic nitrogens is 2. The van der Waals surface area contributed by atoms with E-state index in [1.165, 1.54) is 0 Å². The molecule has 0 saturated carbocycles. The first-order valence-electron chi connectivity index (χ1n) is 8.20. The third kappa shape index (κ3) is 5.26. The average molecular weight is 307 g/mol. The van der Waals surface area contributed by atoms with E-state index in [2.05, 4.69) is 32.0 Å². The van der Waals surface area contributed by atoms with E-state index in [9.17, 15) is 4.79 Å². The maximum absolute atomic E-state index is 11.8. The quantitative estimate of drug-likeness (QED) is 0.919. The second-order valence-corrected chi connectivity index (χ2v) is 5.31. The zero-order chi connectivity index (χ0) is 16.5. The Bertz CT molecular complexity index is 438. The second kappa shape index (κ2) is 9.35. The van der Waals surface area contributed by atoms with E-state index >= 15 is 0 Å². The van der Waals surface area contributed by atoms with Gasteiger partial charge in [0.1, 0.15) is 11.5 Å². The Morgan fingerprint density at radius 3 is 2.27 bits per heavy atom. The third-order valence-electron chi connectivity index (χ3n) is 3.43. The number of carbonyl (C=O) groups is 1. The average Bonchev–Trinajstić information content (AvgIpc) is 2.56. The first-order chi connectivity index (χ1) is 10.6. The molecule has 124 valence electrons. The van der Waals surface area contributed by atoms with E-state index in [0.29, 0.717) is 5.69 Å². The van der Waals surface area contributed by atoms with E-state index in [-0.39, 0.29) is 11.9 Å². The summed E-state index contributed by atoms with van der Waals surface area (Å²) in [6, 6.07) is 0.103. The Morgan fingerprint density at radius 2 is 1.82 bits per heavy atom. The molecular weight excluding hydrogens is 278 g/mol. The van der Waals surface area contributed by atoms with Gasteiger partial charge in [0.15, 0.2) is 0 Å². The molecule has 1 aromatic heterocycles. The SMILES string of the molecule is CC.CCN1CCN(c2cnc(C(=O)NC(C)C)cn2)CC1. The van der Waals surface area contributed by atoms with E-state index in [1.807, 2.05) is 27.7 Å². The Kier molecular flexibility index (Phi) is 7.80. The molecule has 1 amide bonds. The number of likely N-dealkylation sites (N-methyl/N-ethyl adjacent to an activating group) is 1. The van der Waals surface area contributed by atoms with Crippen LogP contribution in [0.15, 0.2) is 12.4 Å². The molecule has 2 rings (SSSR count). The zero-order valence-corrected chi connectivity index (χ0v) is 14.5. The Labute approximate surface area is 133 Å². The van der Waals surface area contributed by atoms with Crippen LogP contribution in [0.25, 0.3) is 0 Å². The summed E-state index contributed by atoms with van der Waals surface area (Å²) >= 11 is 0. The van der Waals surface area contributed by atoms with E-state index in [0.717, 1.165) is 38.5 Å². The predicted octanol–water partition coefficient (Wildman–Crippen LogP) is 1.78. The van der Waals surface area contributed by atoms with Crippen LogP contribution < -0.4 is 10.2 Å². The minimum absolute atomic E-state index is 0.103. The highest BCUT2D eigenvalue weighted by Crippen LogP contribution is 2.12. The fourth-order valence-corrected chi connectivity index (χ4v) is 2.23. The molecular formula is C16H29N5O. The van der Waals surface area contributed by atoms with Crippen LogP contribution in [-0.2, 0) is 0 Å². The molecule has 22 heavy (non-hydrogen) atoms. The van der Waals surface area contributed by atoms with Crippen LogP contribution in [0.2, 0.25) is 0 Å². The molecule has 1 N–H and O–H groups in total. The maximum atomic E-state index is 11.8. The van der Waals surface area contributed by atoms with Crippen molar-refractivity contribution >= 4 is 11.7 Å². The molecule has 0 aliphatic carbocycles. The topological polar surface area (TPSA) is 61.4 Å². The van der Waals surface area contributed by atoms with Gasteiger partial charge in [-0.15, -0.1) is 0 Å². The normalized spacial score (nSPS) is 15.3. The van der Waals surface area contributed by atoms with Crippen molar-refractivity contribution < 1.29 is 4.79 Å². The fraction of sp³-hybridized carbons (Fsp3) is 0.688. The molecule has 0 radical (unpaired) electrons. The van der Waals surface area contributed by atoms with Gasteiger partial charge in [0.25, 0.3) is 5.91 Å². The summed E-state index contributed by atoms with van der Waals surface area (Å²) < 4.78 is 0. The summed E-state index contributed by atoms with van der Waals surface area (Å²) in [6.45, 7) is 15.1. The maximum Gasteiger partial charge on any atom is 0.271 e. The smallest absolute Gasteiger partial charge is 0.271 e. The van der Waals surface area contributed by atoms with Crippen LogP contribution in [0.4, 0.5) is 5.82 Å². The second-order valence-electron chi connectivity index (χ2n) is 5.31. The van der Waals surface area contributed by atoms with Gasteiger partial charge in [-0.2, -0.15) is 0 Å². The lowest BCUT2D eigenvalue weighted by molar-refractivity contribution is 0.0937. The molecule has 6 nitrogen and oxygen atoms in total. The van der Waals surface area contributed by atoms with Gasteiger partial charge in [-0.3, -0.25) is 4.79 Å². The summed E-state index contributed by atoms with van der Waals surface area (Å²) in [6.07, 6.45) is 3.25. The van der Waals surface area contributed by atoms with Crippen LogP contribution in [0, 0.1) is 0 Å². The van der Waals surface area contributed by atoms with Crippen LogP contribution in [0.3, 0.4) is 0 Å². The minimum atomic E-state index is -0.171. The highest BCUT2D eigenvalue weighted by molar-refractivity contribution is 5.92. The van der Waals surface area contributed by atoms with E-state index in [1.54, 1.807) is 12.4 Å². The summed E-state index contributed by atoms with van der Waals surface area (Å²) in [7, 11) is 0. The van der Waals surface area contributed by atoms with Gasteiger partial charge in [-0.05, 0) is 20.4 Å². The van der Waals surface area contributed by atoms with Crippen molar-refractivity contribution in [2.45, 2.75) is 40.7 Å². The molecule has 2 heterocycles. The van der Waals surface area contributed by atoms with E-state index in [4.69, 9.17) is 0 Å². The highest BCUT2D eigenvalue weighted by Gasteiger charge is 2.17. The van der Waals surface area contributed by atoms with Gasteiger partial charge in [0, 0.05) is 32.2 Å². The number of hydrogen-bond donors (Lipinski definition) is 1. The molecule has 1 saturated heterocycles. The first-order valence-corrected chi connectivity index (χ1v) is 8.20. The van der Waals surface area contributed by atoms with Gasteiger partial charge in [-0.1, -0.05) is 20.8 Å². The van der Waals surface area contributed by atoms with Crippen molar-refractivity contribution in [1.29, 1.82) is 0 Å². The lowest BCUT2D eigenvalue weighted by Crippen LogP contribution is -2.46. The molecule has 1 aromatic rings. The number of anilines is 1. The van der Waals surface area contributed by atoms with E-state index < -0.39 is 0 Å². The number of amides is 1. The minimum Gasteiger partial charge on any atom is -0.353 e. The van der Waals surface area contributed by atoms with Crippen molar-refractivity contribution in [2.75, 3.05) is 37.6 Å². The van der Waals surface area contributed by atoms with Crippen LogP contribution in [-0.4, -0.2) is 59.5 Å². The molecule has 0 bridgehead atoms. The summed E-state index contributed by atoms with van der Waals surface area (Å²) in [4.78, 5) is 25.0. The number of nitrogens with zero attached hydrogens (tertiary/aromatic N) is 4. The predicted molar refractivity (Wildman–Crippen MR) is 90.3 cm³/mol. The molecule has 0 unspecified atom stereocenters. The number of hydrogen-bond acceptors (Lipinski definition) is 5. The van der Waals surface area contributed by atoms with Crippen molar-refractivity contribution in [1.82, 2.24) is 20.2 Å². The van der Waals surface area contributed by atoms with Gasteiger partial charge < -0.3 is 15.1 Å². The number of piperazine rings is 1. The number of carbonyl (C=O) groups excluding carboxylic acids is 1. The van der Waals surface area contributed by atoms with Crippen molar-refractivity contribution in [3.63, 3.8) is 0 Å². The van der Waals surface area contributed by atoms with Gasteiger partial charge >= 0.3 is 0 Å². The Morgan fingerprint density at radius 1 is 1.18 bits per heavy atom.